The Labute approximate surface area is 115 Å². The van der Waals surface area contributed by atoms with Gasteiger partial charge in [0.15, 0.2) is 17.4 Å². The van der Waals surface area contributed by atoms with E-state index in [4.69, 9.17) is 5.11 Å². The monoisotopic (exact) mass is 279 g/mol. The van der Waals surface area contributed by atoms with Crippen LogP contribution in [0.5, 0.6) is 11.5 Å². The van der Waals surface area contributed by atoms with Crippen LogP contribution in [0.15, 0.2) is 36.4 Å². The van der Waals surface area contributed by atoms with E-state index in [9.17, 15) is 13.9 Å². The van der Waals surface area contributed by atoms with Gasteiger partial charge in [-0.1, -0.05) is 12.1 Å². The first kappa shape index (κ1) is 14.3. The molecule has 106 valence electrons. The van der Waals surface area contributed by atoms with Crippen LogP contribution in [0.25, 0.3) is 0 Å². The Bertz CT molecular complexity index is 594. The summed E-state index contributed by atoms with van der Waals surface area (Å²) in [5.41, 5.74) is 1.26. The summed E-state index contributed by atoms with van der Waals surface area (Å²) in [6.45, 7) is 2.12. The van der Waals surface area contributed by atoms with Crippen molar-refractivity contribution >= 4 is 0 Å². The number of hydrogen-bond acceptors (Lipinski definition) is 3. The van der Waals surface area contributed by atoms with E-state index >= 15 is 0 Å². The molecule has 2 aromatic carbocycles. The van der Waals surface area contributed by atoms with E-state index in [1.54, 1.807) is 18.2 Å². The highest BCUT2D eigenvalue weighted by atomic mass is 19.1. The van der Waals surface area contributed by atoms with E-state index in [0.717, 1.165) is 17.7 Å². The van der Waals surface area contributed by atoms with Crippen molar-refractivity contribution in [3.05, 3.63) is 59.2 Å². The molecule has 0 saturated heterocycles. The third-order valence-corrected chi connectivity index (χ3v) is 3.06. The number of aromatic hydroxyl groups is 2. The van der Waals surface area contributed by atoms with Crippen molar-refractivity contribution in [1.29, 1.82) is 0 Å². The first-order chi connectivity index (χ1) is 9.47. The van der Waals surface area contributed by atoms with Crippen LogP contribution in [0, 0.1) is 11.6 Å². The maximum absolute atomic E-state index is 13.2. The molecule has 0 fully saturated rings. The first-order valence-corrected chi connectivity index (χ1v) is 6.16. The Kier molecular flexibility index (Phi) is 4.20. The number of halogens is 2. The zero-order valence-electron chi connectivity index (χ0n) is 10.9. The van der Waals surface area contributed by atoms with Crippen molar-refractivity contribution in [2.75, 3.05) is 0 Å². The van der Waals surface area contributed by atoms with Gasteiger partial charge in [-0.3, -0.25) is 0 Å². The fourth-order valence-corrected chi connectivity index (χ4v) is 1.90. The summed E-state index contributed by atoms with van der Waals surface area (Å²) in [4.78, 5) is 0. The number of phenols is 2. The van der Waals surface area contributed by atoms with Gasteiger partial charge in [-0.15, -0.1) is 0 Å². The Morgan fingerprint density at radius 2 is 1.75 bits per heavy atom. The van der Waals surface area contributed by atoms with E-state index in [2.05, 4.69) is 5.32 Å². The third kappa shape index (κ3) is 3.24. The van der Waals surface area contributed by atoms with Gasteiger partial charge < -0.3 is 15.5 Å². The minimum absolute atomic E-state index is 0.0953. The van der Waals surface area contributed by atoms with Crippen molar-refractivity contribution in [2.45, 2.75) is 19.5 Å². The van der Waals surface area contributed by atoms with Crippen LogP contribution in [-0.2, 0) is 6.54 Å². The zero-order valence-corrected chi connectivity index (χ0v) is 10.9. The molecule has 1 unspecified atom stereocenters. The van der Waals surface area contributed by atoms with Gasteiger partial charge in [0.05, 0.1) is 0 Å². The lowest BCUT2D eigenvalue weighted by atomic mass is 10.1. The summed E-state index contributed by atoms with van der Waals surface area (Å²) >= 11 is 0. The van der Waals surface area contributed by atoms with Gasteiger partial charge in [0.1, 0.15) is 5.75 Å². The average Bonchev–Trinajstić information content (AvgIpc) is 2.42. The van der Waals surface area contributed by atoms with Crippen molar-refractivity contribution in [2.24, 2.45) is 0 Å². The highest BCUT2D eigenvalue weighted by Gasteiger charge is 2.11. The highest BCUT2D eigenvalue weighted by molar-refractivity contribution is 5.31. The van der Waals surface area contributed by atoms with Crippen LogP contribution in [0.4, 0.5) is 8.78 Å². The summed E-state index contributed by atoms with van der Waals surface area (Å²) in [6.07, 6.45) is 0. The molecule has 5 heteroatoms. The van der Waals surface area contributed by atoms with Crippen molar-refractivity contribution in [3.8, 4) is 11.5 Å². The molecule has 20 heavy (non-hydrogen) atoms. The molecule has 0 aromatic heterocycles. The Morgan fingerprint density at radius 3 is 2.35 bits per heavy atom. The topological polar surface area (TPSA) is 52.5 Å². The molecule has 1 atom stereocenters. The van der Waals surface area contributed by atoms with Crippen LogP contribution in [0.2, 0.25) is 0 Å². The molecule has 0 aliphatic rings. The predicted octanol–water partition coefficient (Wildman–Crippen LogP) is 3.23. The summed E-state index contributed by atoms with van der Waals surface area (Å²) in [7, 11) is 0. The Balaban J connectivity index is 2.05. The molecule has 0 spiro atoms. The number of benzene rings is 2. The van der Waals surface area contributed by atoms with Gasteiger partial charge in [-0.05, 0) is 42.3 Å². The summed E-state index contributed by atoms with van der Waals surface area (Å²) < 4.78 is 26.4. The number of phenolic OH excluding ortho intramolecular Hbond substituents is 2. The van der Waals surface area contributed by atoms with E-state index in [-0.39, 0.29) is 18.3 Å². The fraction of sp³-hybridized carbons (Fsp3) is 0.200. The van der Waals surface area contributed by atoms with E-state index in [1.807, 2.05) is 13.0 Å². The van der Waals surface area contributed by atoms with Crippen LogP contribution >= 0.6 is 0 Å². The second-order valence-corrected chi connectivity index (χ2v) is 4.61. The lowest BCUT2D eigenvalue weighted by molar-refractivity contribution is 0.394. The standard InChI is InChI=1S/C15H15F2NO2/c1-9(11-3-2-4-12(19)7-11)18-8-10-5-13(16)15(20)14(17)6-10/h2-7,9,18-20H,8H2,1H3. The minimum Gasteiger partial charge on any atom is -0.508 e. The third-order valence-electron chi connectivity index (χ3n) is 3.06. The highest BCUT2D eigenvalue weighted by Crippen LogP contribution is 2.22. The average molecular weight is 279 g/mol. The Hall–Kier alpha value is -2.14. The predicted molar refractivity (Wildman–Crippen MR) is 71.4 cm³/mol. The number of hydrogen-bond donors (Lipinski definition) is 3. The molecule has 2 rings (SSSR count). The second kappa shape index (κ2) is 5.88. The fourth-order valence-electron chi connectivity index (χ4n) is 1.90. The van der Waals surface area contributed by atoms with E-state index in [1.165, 1.54) is 0 Å². The van der Waals surface area contributed by atoms with Crippen molar-refractivity contribution in [1.82, 2.24) is 5.32 Å². The van der Waals surface area contributed by atoms with E-state index < -0.39 is 17.4 Å². The first-order valence-electron chi connectivity index (χ1n) is 6.16. The molecule has 3 N–H and O–H groups in total. The molecule has 0 saturated carbocycles. The van der Waals surface area contributed by atoms with Gasteiger partial charge in [0.25, 0.3) is 0 Å². The molecule has 0 radical (unpaired) electrons. The zero-order chi connectivity index (χ0) is 14.7. The molecule has 0 aliphatic carbocycles. The normalized spacial score (nSPS) is 12.3. The molecule has 0 heterocycles. The van der Waals surface area contributed by atoms with E-state index in [0.29, 0.717) is 5.56 Å². The maximum atomic E-state index is 13.2. The lowest BCUT2D eigenvalue weighted by Gasteiger charge is -2.15. The van der Waals surface area contributed by atoms with Gasteiger partial charge in [0, 0.05) is 12.6 Å². The van der Waals surface area contributed by atoms with Crippen molar-refractivity contribution in [3.63, 3.8) is 0 Å². The van der Waals surface area contributed by atoms with Gasteiger partial charge in [-0.25, -0.2) is 8.78 Å². The molecule has 0 amide bonds. The molecule has 0 aliphatic heterocycles. The van der Waals surface area contributed by atoms with Crippen LogP contribution in [-0.4, -0.2) is 10.2 Å². The maximum Gasteiger partial charge on any atom is 0.187 e. The summed E-state index contributed by atoms with van der Waals surface area (Å²) in [5, 5.41) is 21.5. The van der Waals surface area contributed by atoms with Crippen LogP contribution in [0.3, 0.4) is 0 Å². The molecular formula is C15H15F2NO2. The molecule has 2 aromatic rings. The van der Waals surface area contributed by atoms with Gasteiger partial charge in [0.2, 0.25) is 0 Å². The SMILES string of the molecule is CC(NCc1cc(F)c(O)c(F)c1)c1cccc(O)c1. The molecule has 3 nitrogen and oxygen atoms in total. The number of rotatable bonds is 4. The van der Waals surface area contributed by atoms with Crippen molar-refractivity contribution < 1.29 is 19.0 Å². The second-order valence-electron chi connectivity index (χ2n) is 4.61. The summed E-state index contributed by atoms with van der Waals surface area (Å²) in [6, 6.07) is 8.83. The lowest BCUT2D eigenvalue weighted by Crippen LogP contribution is -2.18. The van der Waals surface area contributed by atoms with Gasteiger partial charge >= 0.3 is 0 Å². The molecular weight excluding hydrogens is 264 g/mol. The van der Waals surface area contributed by atoms with Crippen LogP contribution in [0.1, 0.15) is 24.1 Å². The minimum atomic E-state index is -0.980. The smallest absolute Gasteiger partial charge is 0.187 e. The molecule has 0 bridgehead atoms. The summed E-state index contributed by atoms with van der Waals surface area (Å²) in [5.74, 6) is -2.76. The largest absolute Gasteiger partial charge is 0.508 e. The number of nitrogens with one attached hydrogen (secondary N) is 1. The van der Waals surface area contributed by atoms with Crippen LogP contribution < -0.4 is 5.32 Å². The quantitative estimate of drug-likeness (QED) is 0.805. The Morgan fingerprint density at radius 1 is 1.10 bits per heavy atom. The van der Waals surface area contributed by atoms with Gasteiger partial charge in [-0.2, -0.15) is 0 Å².